The zero-order valence-corrected chi connectivity index (χ0v) is 16.4. The van der Waals surface area contributed by atoms with Gasteiger partial charge in [0.15, 0.2) is 16.6 Å². The fourth-order valence-electron chi connectivity index (χ4n) is 2.22. The van der Waals surface area contributed by atoms with Crippen LogP contribution in [0.4, 0.5) is 0 Å². The lowest BCUT2D eigenvalue weighted by molar-refractivity contribution is 0.369. The molecular formula is C12H33NO2Si3. The van der Waals surface area contributed by atoms with Crippen molar-refractivity contribution in [1.29, 1.82) is 0 Å². The molecule has 0 aromatic heterocycles. The van der Waals surface area contributed by atoms with E-state index in [0.717, 1.165) is 31.5 Å². The van der Waals surface area contributed by atoms with Crippen LogP contribution in [0.2, 0.25) is 51.4 Å². The summed E-state index contributed by atoms with van der Waals surface area (Å²) in [4.78, 5) is 0. The Morgan fingerprint density at radius 1 is 0.833 bits per heavy atom. The molecule has 6 heteroatoms. The first-order valence-corrected chi connectivity index (χ1v) is 16.2. The Balaban J connectivity index is 5.01. The lowest BCUT2D eigenvalue weighted by atomic mass is 10.5. The molecule has 0 fully saturated rings. The maximum absolute atomic E-state index is 6.58. The average molecular weight is 308 g/mol. The molecule has 0 atom stereocenters. The van der Waals surface area contributed by atoms with Crippen LogP contribution in [0.25, 0.3) is 0 Å². The maximum Gasteiger partial charge on any atom is 0.317 e. The number of hydrogen-bond donors (Lipinski definition) is 1. The summed E-state index contributed by atoms with van der Waals surface area (Å²) in [6.45, 7) is 16.6. The summed E-state index contributed by atoms with van der Waals surface area (Å²) in [5.74, 6) is 0. The fourth-order valence-corrected chi connectivity index (χ4v) is 15.1. The highest BCUT2D eigenvalue weighted by atomic mass is 28.5. The van der Waals surface area contributed by atoms with Crippen molar-refractivity contribution in [3.8, 4) is 0 Å². The van der Waals surface area contributed by atoms with Gasteiger partial charge in [-0.25, -0.2) is 0 Å². The van der Waals surface area contributed by atoms with Crippen LogP contribution in [-0.4, -0.2) is 31.7 Å². The molecule has 110 valence electrons. The van der Waals surface area contributed by atoms with Gasteiger partial charge in [0, 0.05) is 0 Å². The molecule has 0 saturated heterocycles. The normalized spacial score (nSPS) is 14.0. The van der Waals surface area contributed by atoms with Gasteiger partial charge in [-0.1, -0.05) is 13.3 Å². The molecule has 2 N–H and O–H groups in total. The van der Waals surface area contributed by atoms with Crippen molar-refractivity contribution in [2.75, 3.05) is 6.54 Å². The molecule has 0 aliphatic rings. The van der Waals surface area contributed by atoms with E-state index in [2.05, 4.69) is 46.2 Å². The molecule has 0 saturated carbocycles. The fraction of sp³-hybridized carbons (Fsp3) is 1.00. The Labute approximate surface area is 117 Å². The summed E-state index contributed by atoms with van der Waals surface area (Å²) in [6.07, 6.45) is 2.17. The average Bonchev–Trinajstić information content (AvgIpc) is 2.09. The SMILES string of the molecule is CCC[Si](CCCN)(O[Si](C)(C)C)O[Si](C)(C)C. The van der Waals surface area contributed by atoms with Crippen molar-refractivity contribution in [3.05, 3.63) is 0 Å². The molecule has 0 amide bonds. The second-order valence-electron chi connectivity index (χ2n) is 6.98. The van der Waals surface area contributed by atoms with E-state index in [1.165, 1.54) is 0 Å². The minimum atomic E-state index is -2.04. The molecule has 0 rings (SSSR count). The molecule has 0 aromatic rings. The summed E-state index contributed by atoms with van der Waals surface area (Å²) in [7, 11) is -5.17. The summed E-state index contributed by atoms with van der Waals surface area (Å²) in [5.41, 5.74) is 5.69. The number of nitrogens with two attached hydrogens (primary N) is 1. The molecule has 0 aliphatic carbocycles. The third-order valence-electron chi connectivity index (χ3n) is 2.38. The molecular weight excluding hydrogens is 274 g/mol. The van der Waals surface area contributed by atoms with Gasteiger partial charge in [-0.05, 0) is 64.3 Å². The first kappa shape index (κ1) is 18.5. The van der Waals surface area contributed by atoms with Gasteiger partial charge in [-0.15, -0.1) is 0 Å². The van der Waals surface area contributed by atoms with Crippen LogP contribution < -0.4 is 5.73 Å². The number of hydrogen-bond acceptors (Lipinski definition) is 3. The minimum Gasteiger partial charge on any atom is -0.436 e. The van der Waals surface area contributed by atoms with Gasteiger partial charge in [-0.2, -0.15) is 0 Å². The van der Waals surface area contributed by atoms with E-state index in [1.807, 2.05) is 0 Å². The first-order chi connectivity index (χ1) is 8.04. The van der Waals surface area contributed by atoms with Crippen LogP contribution >= 0.6 is 0 Å². The van der Waals surface area contributed by atoms with Crippen molar-refractivity contribution >= 4 is 25.2 Å². The van der Waals surface area contributed by atoms with Crippen LogP contribution in [0.1, 0.15) is 19.8 Å². The zero-order valence-electron chi connectivity index (χ0n) is 13.4. The smallest absolute Gasteiger partial charge is 0.317 e. The van der Waals surface area contributed by atoms with Gasteiger partial charge in [0.2, 0.25) is 0 Å². The van der Waals surface area contributed by atoms with Crippen molar-refractivity contribution in [2.45, 2.75) is 71.1 Å². The summed E-state index contributed by atoms with van der Waals surface area (Å²) in [6, 6.07) is 2.17. The molecule has 0 aromatic carbocycles. The van der Waals surface area contributed by atoms with Crippen LogP contribution in [0.3, 0.4) is 0 Å². The van der Waals surface area contributed by atoms with E-state index in [9.17, 15) is 0 Å². The zero-order chi connectivity index (χ0) is 14.4. The quantitative estimate of drug-likeness (QED) is 0.657. The topological polar surface area (TPSA) is 44.5 Å². The van der Waals surface area contributed by atoms with Crippen molar-refractivity contribution in [2.24, 2.45) is 5.73 Å². The third kappa shape index (κ3) is 8.60. The van der Waals surface area contributed by atoms with Crippen LogP contribution in [0, 0.1) is 0 Å². The third-order valence-corrected chi connectivity index (χ3v) is 12.6. The highest BCUT2D eigenvalue weighted by Crippen LogP contribution is 2.29. The maximum atomic E-state index is 6.58. The van der Waals surface area contributed by atoms with Crippen molar-refractivity contribution in [1.82, 2.24) is 0 Å². The highest BCUT2D eigenvalue weighted by molar-refractivity contribution is 6.88. The van der Waals surface area contributed by atoms with Gasteiger partial charge >= 0.3 is 8.56 Å². The van der Waals surface area contributed by atoms with Gasteiger partial charge in [0.25, 0.3) is 0 Å². The van der Waals surface area contributed by atoms with Gasteiger partial charge in [-0.3, -0.25) is 0 Å². The second kappa shape index (κ2) is 7.35. The van der Waals surface area contributed by atoms with Gasteiger partial charge in [0.05, 0.1) is 0 Å². The molecule has 3 nitrogen and oxygen atoms in total. The van der Waals surface area contributed by atoms with E-state index in [0.29, 0.717) is 0 Å². The second-order valence-corrected chi connectivity index (χ2v) is 19.9. The van der Waals surface area contributed by atoms with Crippen molar-refractivity contribution in [3.63, 3.8) is 0 Å². The Hall–Kier alpha value is 0.531. The van der Waals surface area contributed by atoms with Crippen LogP contribution in [-0.2, 0) is 8.23 Å². The van der Waals surface area contributed by atoms with E-state index >= 15 is 0 Å². The first-order valence-electron chi connectivity index (χ1n) is 7.14. The molecule has 18 heavy (non-hydrogen) atoms. The summed E-state index contributed by atoms with van der Waals surface area (Å²) < 4.78 is 13.2. The molecule has 0 radical (unpaired) electrons. The minimum absolute atomic E-state index is 0.739. The number of rotatable bonds is 9. The van der Waals surface area contributed by atoms with E-state index in [1.54, 1.807) is 0 Å². The molecule has 0 bridgehead atoms. The van der Waals surface area contributed by atoms with Crippen LogP contribution in [0.5, 0.6) is 0 Å². The Bertz CT molecular complexity index is 220. The predicted molar refractivity (Wildman–Crippen MR) is 88.2 cm³/mol. The molecule has 0 aliphatic heterocycles. The largest absolute Gasteiger partial charge is 0.436 e. The van der Waals surface area contributed by atoms with E-state index in [-0.39, 0.29) is 0 Å². The van der Waals surface area contributed by atoms with Gasteiger partial charge < -0.3 is 14.0 Å². The van der Waals surface area contributed by atoms with Crippen molar-refractivity contribution < 1.29 is 8.23 Å². The highest BCUT2D eigenvalue weighted by Gasteiger charge is 2.43. The van der Waals surface area contributed by atoms with Gasteiger partial charge in [0.1, 0.15) is 0 Å². The Morgan fingerprint density at radius 3 is 1.56 bits per heavy atom. The monoisotopic (exact) mass is 307 g/mol. The molecule has 0 heterocycles. The Morgan fingerprint density at radius 2 is 1.28 bits per heavy atom. The standard InChI is InChI=1S/C12H33NO2Si3/c1-8-11-18(12-9-10-13,14-16(2,3)4)15-17(5,6)7/h8-13H2,1-7H3. The summed E-state index contributed by atoms with van der Waals surface area (Å²) >= 11 is 0. The lowest BCUT2D eigenvalue weighted by Crippen LogP contribution is -2.54. The summed E-state index contributed by atoms with van der Waals surface area (Å²) in [5, 5.41) is 0. The Kier molecular flexibility index (Phi) is 7.57. The van der Waals surface area contributed by atoms with E-state index < -0.39 is 25.2 Å². The lowest BCUT2D eigenvalue weighted by Gasteiger charge is -2.41. The van der Waals surface area contributed by atoms with Crippen LogP contribution in [0.15, 0.2) is 0 Å². The predicted octanol–water partition coefficient (Wildman–Crippen LogP) is 3.89. The molecule has 0 spiro atoms. The molecule has 0 unspecified atom stereocenters. The van der Waals surface area contributed by atoms with E-state index in [4.69, 9.17) is 14.0 Å².